The summed E-state index contributed by atoms with van der Waals surface area (Å²) in [6.07, 6.45) is 0.299. The highest BCUT2D eigenvalue weighted by Gasteiger charge is 2.17. The number of benzene rings is 2. The maximum atomic E-state index is 12.7. The molecule has 3 N–H and O–H groups in total. The maximum absolute atomic E-state index is 12.7. The molecule has 2 aromatic carbocycles. The highest BCUT2D eigenvalue weighted by Crippen LogP contribution is 2.38. The van der Waals surface area contributed by atoms with E-state index in [1.165, 1.54) is 21.3 Å². The molecule has 0 aliphatic carbocycles. The van der Waals surface area contributed by atoms with Crippen molar-refractivity contribution in [2.24, 2.45) is 0 Å². The van der Waals surface area contributed by atoms with Gasteiger partial charge >= 0.3 is 0 Å². The van der Waals surface area contributed by atoms with Crippen LogP contribution in [0.5, 0.6) is 17.2 Å². The van der Waals surface area contributed by atoms with Gasteiger partial charge in [0, 0.05) is 28.9 Å². The van der Waals surface area contributed by atoms with Gasteiger partial charge in [-0.1, -0.05) is 13.0 Å². The van der Waals surface area contributed by atoms with E-state index in [1.807, 2.05) is 0 Å². The number of rotatable bonds is 8. The number of ether oxygens (including phenoxy) is 3. The topological polar surface area (TPSA) is 106 Å². The van der Waals surface area contributed by atoms with Crippen molar-refractivity contribution in [3.05, 3.63) is 41.5 Å². The Morgan fingerprint density at radius 1 is 0.964 bits per heavy atom. The lowest BCUT2D eigenvalue weighted by atomic mass is 10.1. The van der Waals surface area contributed by atoms with E-state index in [-0.39, 0.29) is 12.5 Å². The Hall–Kier alpha value is -3.26. The molecule has 8 heteroatoms. The van der Waals surface area contributed by atoms with Crippen molar-refractivity contribution in [1.82, 2.24) is 0 Å². The van der Waals surface area contributed by atoms with Crippen LogP contribution in [0, 0.1) is 0 Å². The molecule has 0 saturated heterocycles. The molecule has 8 nitrogen and oxygen atoms in total. The Labute approximate surface area is 163 Å². The fraction of sp³-hybridized carbons (Fsp3) is 0.300. The molecule has 2 rings (SSSR count). The zero-order chi connectivity index (χ0) is 20.7. The number of hydrogen-bond acceptors (Lipinski definition) is 6. The summed E-state index contributed by atoms with van der Waals surface area (Å²) in [6.45, 7) is 1.49. The molecule has 150 valence electrons. The molecule has 0 aromatic heterocycles. The van der Waals surface area contributed by atoms with Gasteiger partial charge in [-0.2, -0.15) is 0 Å². The number of carbonyl (C=O) groups is 2. The number of aliphatic hydroxyl groups is 1. The number of methoxy groups -OCH3 is 3. The van der Waals surface area contributed by atoms with Gasteiger partial charge in [-0.25, -0.2) is 0 Å². The van der Waals surface area contributed by atoms with E-state index in [1.54, 1.807) is 37.3 Å². The second-order valence-electron chi connectivity index (χ2n) is 5.80. The standard InChI is InChI=1S/C20H24N2O6/c1-5-18(24)22-15-10-14(7-6-12(15)11-23)21-20(25)13-8-16(26-2)19(28-4)17(9-13)27-3/h6-10,23H,5,11H2,1-4H3,(H,21,25)(H,22,24). The molecule has 2 aromatic rings. The first-order chi connectivity index (χ1) is 13.5. The molecule has 0 aliphatic rings. The van der Waals surface area contributed by atoms with Gasteiger partial charge in [0.25, 0.3) is 5.91 Å². The van der Waals surface area contributed by atoms with Crippen LogP contribution in [0.25, 0.3) is 0 Å². The number of nitrogens with one attached hydrogen (secondary N) is 2. The Bertz CT molecular complexity index is 841. The first-order valence-electron chi connectivity index (χ1n) is 8.62. The van der Waals surface area contributed by atoms with Gasteiger partial charge in [0.15, 0.2) is 11.5 Å². The average Bonchev–Trinajstić information content (AvgIpc) is 2.72. The number of anilines is 2. The van der Waals surface area contributed by atoms with E-state index < -0.39 is 5.91 Å². The lowest BCUT2D eigenvalue weighted by molar-refractivity contribution is -0.115. The van der Waals surface area contributed by atoms with E-state index >= 15 is 0 Å². The van der Waals surface area contributed by atoms with Gasteiger partial charge in [0.05, 0.1) is 27.9 Å². The van der Waals surface area contributed by atoms with Gasteiger partial charge in [-0.3, -0.25) is 9.59 Å². The van der Waals surface area contributed by atoms with Gasteiger partial charge in [0.2, 0.25) is 11.7 Å². The first kappa shape index (κ1) is 21.0. The van der Waals surface area contributed by atoms with E-state index in [4.69, 9.17) is 14.2 Å². The minimum absolute atomic E-state index is 0.192. The van der Waals surface area contributed by atoms with Gasteiger partial charge in [0.1, 0.15) is 0 Å². The Morgan fingerprint density at radius 3 is 2.11 bits per heavy atom. The molecule has 0 fully saturated rings. The number of hydrogen-bond donors (Lipinski definition) is 3. The lowest BCUT2D eigenvalue weighted by Crippen LogP contribution is -2.15. The quantitative estimate of drug-likeness (QED) is 0.642. The summed E-state index contributed by atoms with van der Waals surface area (Å²) in [5.41, 5.74) is 1.76. The summed E-state index contributed by atoms with van der Waals surface area (Å²) in [6, 6.07) is 7.95. The van der Waals surface area contributed by atoms with Crippen molar-refractivity contribution in [3.8, 4) is 17.2 Å². The second-order valence-corrected chi connectivity index (χ2v) is 5.80. The third kappa shape index (κ3) is 4.72. The Kier molecular flexibility index (Phi) is 7.22. The van der Waals surface area contributed by atoms with Crippen LogP contribution in [0.4, 0.5) is 11.4 Å². The monoisotopic (exact) mass is 388 g/mol. The third-order valence-electron chi connectivity index (χ3n) is 4.06. The molecule has 2 amide bonds. The van der Waals surface area contributed by atoms with Gasteiger partial charge in [-0.05, 0) is 24.3 Å². The van der Waals surface area contributed by atoms with E-state index in [2.05, 4.69) is 10.6 Å². The number of amides is 2. The highest BCUT2D eigenvalue weighted by atomic mass is 16.5. The third-order valence-corrected chi connectivity index (χ3v) is 4.06. The van der Waals surface area contributed by atoms with Gasteiger partial charge < -0.3 is 30.0 Å². The lowest BCUT2D eigenvalue weighted by Gasteiger charge is -2.15. The molecule has 0 heterocycles. The second kappa shape index (κ2) is 9.61. The normalized spacial score (nSPS) is 10.2. The maximum Gasteiger partial charge on any atom is 0.255 e. The summed E-state index contributed by atoms with van der Waals surface area (Å²) in [5.74, 6) is 0.516. The van der Waals surface area contributed by atoms with Crippen LogP contribution in [0.3, 0.4) is 0 Å². The van der Waals surface area contributed by atoms with E-state index in [0.717, 1.165) is 0 Å². The predicted molar refractivity (Wildman–Crippen MR) is 105 cm³/mol. The molecule has 0 aliphatic heterocycles. The van der Waals surface area contributed by atoms with Gasteiger partial charge in [-0.15, -0.1) is 0 Å². The van der Waals surface area contributed by atoms with Crippen molar-refractivity contribution in [3.63, 3.8) is 0 Å². The van der Waals surface area contributed by atoms with Crippen molar-refractivity contribution < 1.29 is 28.9 Å². The van der Waals surface area contributed by atoms with Crippen LogP contribution in [-0.2, 0) is 11.4 Å². The molecule has 0 spiro atoms. The minimum Gasteiger partial charge on any atom is -0.493 e. The molecule has 0 unspecified atom stereocenters. The molecule has 0 atom stereocenters. The Balaban J connectivity index is 2.32. The number of carbonyl (C=O) groups excluding carboxylic acids is 2. The fourth-order valence-corrected chi connectivity index (χ4v) is 2.56. The van der Waals surface area contributed by atoms with Crippen LogP contribution in [0.15, 0.2) is 30.3 Å². The van der Waals surface area contributed by atoms with E-state index in [0.29, 0.717) is 46.2 Å². The van der Waals surface area contributed by atoms with Crippen LogP contribution in [0.1, 0.15) is 29.3 Å². The Morgan fingerprint density at radius 2 is 1.61 bits per heavy atom. The van der Waals surface area contributed by atoms with E-state index in [9.17, 15) is 14.7 Å². The van der Waals surface area contributed by atoms with Crippen molar-refractivity contribution in [1.29, 1.82) is 0 Å². The summed E-state index contributed by atoms with van der Waals surface area (Å²) in [4.78, 5) is 24.4. The van der Waals surface area contributed by atoms with Crippen LogP contribution < -0.4 is 24.8 Å². The fourth-order valence-electron chi connectivity index (χ4n) is 2.56. The molecule has 0 saturated carbocycles. The van der Waals surface area contributed by atoms with Crippen LogP contribution in [0.2, 0.25) is 0 Å². The summed E-state index contributed by atoms with van der Waals surface area (Å²) in [5, 5.41) is 14.9. The molecular weight excluding hydrogens is 364 g/mol. The molecule has 28 heavy (non-hydrogen) atoms. The highest BCUT2D eigenvalue weighted by molar-refractivity contribution is 6.05. The zero-order valence-electron chi connectivity index (χ0n) is 16.3. The molecular formula is C20H24N2O6. The first-order valence-corrected chi connectivity index (χ1v) is 8.62. The van der Waals surface area contributed by atoms with Crippen LogP contribution in [-0.4, -0.2) is 38.3 Å². The largest absolute Gasteiger partial charge is 0.493 e. The summed E-state index contributed by atoms with van der Waals surface area (Å²) in [7, 11) is 4.42. The molecule has 0 bridgehead atoms. The zero-order valence-corrected chi connectivity index (χ0v) is 16.3. The summed E-state index contributed by atoms with van der Waals surface area (Å²) >= 11 is 0. The summed E-state index contributed by atoms with van der Waals surface area (Å²) < 4.78 is 15.8. The van der Waals surface area contributed by atoms with Crippen molar-refractivity contribution in [2.75, 3.05) is 32.0 Å². The van der Waals surface area contributed by atoms with Crippen molar-refractivity contribution >= 4 is 23.2 Å². The van der Waals surface area contributed by atoms with Crippen LogP contribution >= 0.6 is 0 Å². The van der Waals surface area contributed by atoms with Crippen molar-refractivity contribution in [2.45, 2.75) is 20.0 Å². The average molecular weight is 388 g/mol. The molecule has 0 radical (unpaired) electrons. The smallest absolute Gasteiger partial charge is 0.255 e. The minimum atomic E-state index is -0.399. The SMILES string of the molecule is CCC(=O)Nc1cc(NC(=O)c2cc(OC)c(OC)c(OC)c2)ccc1CO. The predicted octanol–water partition coefficient (Wildman–Crippen LogP) is 2.81. The number of aliphatic hydroxyl groups excluding tert-OH is 1.